The molecule has 0 saturated heterocycles. The highest BCUT2D eigenvalue weighted by Crippen LogP contribution is 2.61. The van der Waals surface area contributed by atoms with Gasteiger partial charge in [0, 0.05) is 0 Å². The average molecular weight is 447 g/mol. The van der Waals surface area contributed by atoms with Crippen LogP contribution >= 0.6 is 0 Å². The first-order chi connectivity index (χ1) is 15.9. The molecule has 1 aromatic carbocycles. The smallest absolute Gasteiger partial charge is 0.230 e. The number of hydrogen-bond acceptors (Lipinski definition) is 2. The number of amides is 2. The molecule has 8 aliphatic carbocycles. The largest absolute Gasteiger partial charge is 0.324 e. The Labute approximate surface area is 197 Å². The first-order valence-electron chi connectivity index (χ1n) is 13.6. The quantitative estimate of drug-likeness (QED) is 0.570. The fraction of sp³-hybridized carbons (Fsp3) is 0.724. The van der Waals surface area contributed by atoms with Crippen LogP contribution in [0.2, 0.25) is 0 Å². The van der Waals surface area contributed by atoms with Gasteiger partial charge < -0.3 is 10.6 Å². The number of benzene rings is 1. The van der Waals surface area contributed by atoms with Crippen LogP contribution < -0.4 is 10.6 Å². The summed E-state index contributed by atoms with van der Waals surface area (Å²) in [5.41, 5.74) is 2.34. The molecule has 0 unspecified atom stereocenters. The Balaban J connectivity index is 1.13. The van der Waals surface area contributed by atoms with Crippen molar-refractivity contribution in [2.75, 3.05) is 10.6 Å². The van der Waals surface area contributed by atoms with Gasteiger partial charge in [-0.1, -0.05) is 6.07 Å². The highest BCUT2D eigenvalue weighted by Gasteiger charge is 2.56. The van der Waals surface area contributed by atoms with Crippen LogP contribution in [-0.4, -0.2) is 11.8 Å². The van der Waals surface area contributed by atoms with Crippen molar-refractivity contribution >= 4 is 23.2 Å². The molecule has 33 heavy (non-hydrogen) atoms. The summed E-state index contributed by atoms with van der Waals surface area (Å²) in [6.07, 6.45) is 14.4. The molecular weight excluding hydrogens is 408 g/mol. The van der Waals surface area contributed by atoms with Crippen LogP contribution in [0.15, 0.2) is 18.2 Å². The lowest BCUT2D eigenvalue weighted by atomic mass is 9.49. The first-order valence-corrected chi connectivity index (χ1v) is 13.6. The topological polar surface area (TPSA) is 58.2 Å². The number of aryl methyl sites for hydroxylation is 1. The van der Waals surface area contributed by atoms with Crippen LogP contribution in [0.1, 0.15) is 82.6 Å². The maximum Gasteiger partial charge on any atom is 0.230 e. The van der Waals surface area contributed by atoms with Gasteiger partial charge in [0.15, 0.2) is 0 Å². The minimum absolute atomic E-state index is 0.180. The number of carbonyl (C=O) groups excluding carboxylic acids is 2. The number of nitrogens with one attached hydrogen (secondary N) is 2. The van der Waals surface area contributed by atoms with Crippen molar-refractivity contribution in [1.29, 1.82) is 0 Å². The van der Waals surface area contributed by atoms with E-state index in [1.54, 1.807) is 0 Å². The van der Waals surface area contributed by atoms with Gasteiger partial charge in [-0.2, -0.15) is 0 Å². The molecule has 8 fully saturated rings. The second-order valence-corrected chi connectivity index (χ2v) is 13.4. The summed E-state index contributed by atoms with van der Waals surface area (Å²) in [7, 11) is 0. The van der Waals surface area contributed by atoms with Crippen molar-refractivity contribution in [2.24, 2.45) is 46.3 Å². The lowest BCUT2D eigenvalue weighted by molar-refractivity contribution is -0.141. The van der Waals surface area contributed by atoms with E-state index in [2.05, 4.69) is 23.6 Å². The van der Waals surface area contributed by atoms with Crippen molar-refractivity contribution in [3.05, 3.63) is 23.8 Å². The molecule has 0 atom stereocenters. The van der Waals surface area contributed by atoms with E-state index in [0.717, 1.165) is 91.0 Å². The lowest BCUT2D eigenvalue weighted by Crippen LogP contribution is -2.52. The standard InChI is InChI=1S/C29H38N2O2/c1-17-2-3-24(30-26(32)28-11-18-5-19(12-28)7-20(6-18)13-28)25(4-17)31-27(33)29-14-21-8-22(15-29)10-23(9-21)16-29/h2-4,18-23H,5-16H2,1H3,(H,30,32)(H,31,33). The minimum Gasteiger partial charge on any atom is -0.324 e. The van der Waals surface area contributed by atoms with Gasteiger partial charge in [-0.3, -0.25) is 9.59 Å². The molecule has 8 saturated carbocycles. The van der Waals surface area contributed by atoms with Crippen LogP contribution in [0.4, 0.5) is 11.4 Å². The predicted octanol–water partition coefficient (Wildman–Crippen LogP) is 6.30. The van der Waals surface area contributed by atoms with Gasteiger partial charge in [-0.15, -0.1) is 0 Å². The second-order valence-electron chi connectivity index (χ2n) is 13.4. The maximum atomic E-state index is 13.7. The summed E-state index contributed by atoms with van der Waals surface area (Å²) < 4.78 is 0. The summed E-state index contributed by atoms with van der Waals surface area (Å²) >= 11 is 0. The second kappa shape index (κ2) is 7.09. The van der Waals surface area contributed by atoms with Crippen LogP contribution in [0.5, 0.6) is 0 Å². The molecule has 2 N–H and O–H groups in total. The molecule has 9 rings (SSSR count). The van der Waals surface area contributed by atoms with Gasteiger partial charge in [0.1, 0.15) is 0 Å². The van der Waals surface area contributed by atoms with Gasteiger partial charge in [0.2, 0.25) is 11.8 Å². The molecule has 8 bridgehead atoms. The SMILES string of the molecule is Cc1ccc(NC(=O)C23CC4CC(CC(C4)C2)C3)c(NC(=O)C23CC4CC(CC(C4)C2)C3)c1. The molecule has 0 aromatic heterocycles. The van der Waals surface area contributed by atoms with Crippen molar-refractivity contribution in [3.8, 4) is 0 Å². The van der Waals surface area contributed by atoms with Crippen LogP contribution in [0.3, 0.4) is 0 Å². The molecule has 0 aliphatic heterocycles. The molecule has 2 amide bonds. The Morgan fingerprint density at radius 3 is 1.39 bits per heavy atom. The Morgan fingerprint density at radius 1 is 0.636 bits per heavy atom. The summed E-state index contributed by atoms with van der Waals surface area (Å²) in [5, 5.41) is 6.65. The summed E-state index contributed by atoms with van der Waals surface area (Å²) in [4.78, 5) is 27.4. The van der Waals surface area contributed by atoms with Crippen molar-refractivity contribution in [3.63, 3.8) is 0 Å². The summed E-state index contributed by atoms with van der Waals surface area (Å²) in [6, 6.07) is 6.10. The van der Waals surface area contributed by atoms with Crippen LogP contribution in [-0.2, 0) is 9.59 Å². The number of rotatable bonds is 4. The molecule has 0 heterocycles. The third-order valence-electron chi connectivity index (χ3n) is 10.7. The summed E-state index contributed by atoms with van der Waals surface area (Å²) in [6.45, 7) is 2.06. The molecule has 0 radical (unpaired) electrons. The zero-order valence-corrected chi connectivity index (χ0v) is 20.0. The van der Waals surface area contributed by atoms with Gasteiger partial charge in [-0.25, -0.2) is 0 Å². The third-order valence-corrected chi connectivity index (χ3v) is 10.7. The lowest BCUT2D eigenvalue weighted by Gasteiger charge is -2.56. The van der Waals surface area contributed by atoms with Gasteiger partial charge in [0.25, 0.3) is 0 Å². The van der Waals surface area contributed by atoms with Gasteiger partial charge in [-0.05, 0) is 137 Å². The van der Waals surface area contributed by atoms with Gasteiger partial charge in [0.05, 0.1) is 22.2 Å². The average Bonchev–Trinajstić information content (AvgIpc) is 2.73. The Morgan fingerprint density at radius 2 is 1.00 bits per heavy atom. The van der Waals surface area contributed by atoms with E-state index in [9.17, 15) is 9.59 Å². The van der Waals surface area contributed by atoms with Crippen molar-refractivity contribution < 1.29 is 9.59 Å². The molecule has 176 valence electrons. The van der Waals surface area contributed by atoms with E-state index in [4.69, 9.17) is 0 Å². The Hall–Kier alpha value is -1.84. The monoisotopic (exact) mass is 446 g/mol. The first kappa shape index (κ1) is 20.5. The van der Waals surface area contributed by atoms with E-state index < -0.39 is 0 Å². The zero-order valence-electron chi connectivity index (χ0n) is 20.0. The van der Waals surface area contributed by atoms with Crippen LogP contribution in [0.25, 0.3) is 0 Å². The van der Waals surface area contributed by atoms with E-state index in [0.29, 0.717) is 0 Å². The molecule has 4 nitrogen and oxygen atoms in total. The van der Waals surface area contributed by atoms with E-state index in [1.807, 2.05) is 12.1 Å². The van der Waals surface area contributed by atoms with Gasteiger partial charge >= 0.3 is 0 Å². The van der Waals surface area contributed by atoms with E-state index in [1.165, 1.54) is 38.5 Å². The highest BCUT2D eigenvalue weighted by molar-refractivity contribution is 6.03. The normalized spacial score (nSPS) is 44.2. The molecule has 4 heteroatoms. The van der Waals surface area contributed by atoms with E-state index >= 15 is 0 Å². The van der Waals surface area contributed by atoms with Crippen molar-refractivity contribution in [1.82, 2.24) is 0 Å². The minimum atomic E-state index is -0.181. The maximum absolute atomic E-state index is 13.7. The Kier molecular flexibility index (Phi) is 4.41. The number of carbonyl (C=O) groups is 2. The predicted molar refractivity (Wildman–Crippen MR) is 130 cm³/mol. The molecule has 0 spiro atoms. The van der Waals surface area contributed by atoms with Crippen LogP contribution in [0, 0.1) is 53.3 Å². The fourth-order valence-electron chi connectivity index (χ4n) is 10.2. The van der Waals surface area contributed by atoms with E-state index in [-0.39, 0.29) is 22.6 Å². The number of anilines is 2. The molecular formula is C29H38N2O2. The molecule has 8 aliphatic rings. The summed E-state index contributed by atoms with van der Waals surface area (Å²) in [5.74, 6) is 4.88. The molecule has 1 aromatic rings. The zero-order chi connectivity index (χ0) is 22.4. The number of hydrogen-bond donors (Lipinski definition) is 2. The fourth-order valence-corrected chi connectivity index (χ4v) is 10.2. The highest BCUT2D eigenvalue weighted by atomic mass is 16.2. The van der Waals surface area contributed by atoms with Crippen molar-refractivity contribution in [2.45, 2.75) is 84.0 Å². The third kappa shape index (κ3) is 3.30. The Bertz CT molecular complexity index is 940.